The highest BCUT2D eigenvalue weighted by Gasteiger charge is 2.30. The van der Waals surface area contributed by atoms with Gasteiger partial charge in [-0.05, 0) is 29.3 Å². The number of hydrogen-bond acceptors (Lipinski definition) is 1. The number of rotatable bonds is 4. The van der Waals surface area contributed by atoms with E-state index in [1.165, 1.54) is 42.5 Å². The molecule has 0 heterocycles. The minimum absolute atomic E-state index is 0.160. The molecule has 2 nitrogen and oxygen atoms in total. The highest BCUT2D eigenvalue weighted by molar-refractivity contribution is 5.84. The van der Waals surface area contributed by atoms with Crippen LogP contribution in [0.15, 0.2) is 66.8 Å². The Bertz CT molecular complexity index is 787. The summed E-state index contributed by atoms with van der Waals surface area (Å²) < 4.78 is 52.0. The third kappa shape index (κ3) is 4.32. The summed E-state index contributed by atoms with van der Waals surface area (Å²) in [6.45, 7) is 0. The Morgan fingerprint density at radius 1 is 1.00 bits per heavy atom. The van der Waals surface area contributed by atoms with Crippen LogP contribution in [0.1, 0.15) is 16.7 Å². The normalized spacial score (nSPS) is 12.6. The van der Waals surface area contributed by atoms with Crippen molar-refractivity contribution in [1.82, 2.24) is 0 Å². The van der Waals surface area contributed by atoms with Gasteiger partial charge in [0.25, 0.3) is 0 Å². The summed E-state index contributed by atoms with van der Waals surface area (Å²) in [5.74, 6) is -1.75. The third-order valence-corrected chi connectivity index (χ3v) is 3.19. The zero-order valence-corrected chi connectivity index (χ0v) is 12.2. The Labute approximate surface area is 135 Å². The molecule has 2 aromatic rings. The molecule has 0 radical (unpaired) electrons. The first-order valence-corrected chi connectivity index (χ1v) is 6.83. The maximum atomic E-state index is 14.0. The molecule has 6 heteroatoms. The molecule has 24 heavy (non-hydrogen) atoms. The molecule has 0 bridgehead atoms. The monoisotopic (exact) mass is 336 g/mol. The van der Waals surface area contributed by atoms with Gasteiger partial charge in [-0.15, -0.1) is 0 Å². The van der Waals surface area contributed by atoms with E-state index in [2.05, 4.69) is 0 Å². The first-order valence-electron chi connectivity index (χ1n) is 6.83. The molecule has 0 aliphatic rings. The van der Waals surface area contributed by atoms with Crippen LogP contribution in [-0.2, 0) is 11.0 Å². The summed E-state index contributed by atoms with van der Waals surface area (Å²) in [6.07, 6.45) is -1.08. The molecule has 0 unspecified atom stereocenters. The molecule has 0 aliphatic heterocycles. The zero-order chi connectivity index (χ0) is 17.7. The molecule has 0 atom stereocenters. The Balaban J connectivity index is 2.51. The quantitative estimate of drug-likeness (QED) is 0.489. The second-order valence-corrected chi connectivity index (χ2v) is 4.83. The molecule has 0 spiro atoms. The van der Waals surface area contributed by atoms with Gasteiger partial charge in [0.15, 0.2) is 0 Å². The van der Waals surface area contributed by atoms with E-state index >= 15 is 0 Å². The molecular weight excluding hydrogens is 324 g/mol. The first-order chi connectivity index (χ1) is 11.3. The van der Waals surface area contributed by atoms with Crippen molar-refractivity contribution in [3.05, 3.63) is 89.3 Å². The van der Waals surface area contributed by atoms with Crippen LogP contribution in [-0.4, -0.2) is 11.1 Å². The van der Waals surface area contributed by atoms with Gasteiger partial charge >= 0.3 is 12.1 Å². The van der Waals surface area contributed by atoms with Crippen LogP contribution < -0.4 is 0 Å². The first kappa shape index (κ1) is 17.5. The fourth-order valence-electron chi connectivity index (χ4n) is 2.09. The number of benzene rings is 2. The fourth-order valence-corrected chi connectivity index (χ4v) is 2.09. The van der Waals surface area contributed by atoms with Crippen LogP contribution in [0.4, 0.5) is 17.6 Å². The summed E-state index contributed by atoms with van der Waals surface area (Å²) >= 11 is 0. The number of hydrogen-bond donors (Lipinski definition) is 1. The number of halogens is 4. The molecule has 0 saturated carbocycles. The van der Waals surface area contributed by atoms with E-state index in [1.807, 2.05) is 0 Å². The topological polar surface area (TPSA) is 37.3 Å². The van der Waals surface area contributed by atoms with Crippen molar-refractivity contribution in [2.24, 2.45) is 0 Å². The van der Waals surface area contributed by atoms with Crippen molar-refractivity contribution in [3.8, 4) is 0 Å². The second-order valence-electron chi connectivity index (χ2n) is 4.83. The van der Waals surface area contributed by atoms with Gasteiger partial charge in [0.05, 0.1) is 5.56 Å². The number of aliphatic carboxylic acids is 1. The van der Waals surface area contributed by atoms with Gasteiger partial charge in [0, 0.05) is 11.6 Å². The highest BCUT2D eigenvalue weighted by Crippen LogP contribution is 2.32. The van der Waals surface area contributed by atoms with Crippen LogP contribution in [0.2, 0.25) is 0 Å². The number of alkyl halides is 3. The molecule has 2 rings (SSSR count). The van der Waals surface area contributed by atoms with E-state index in [9.17, 15) is 22.4 Å². The van der Waals surface area contributed by atoms with Gasteiger partial charge in [-0.25, -0.2) is 9.18 Å². The van der Waals surface area contributed by atoms with Crippen molar-refractivity contribution in [2.75, 3.05) is 0 Å². The maximum Gasteiger partial charge on any atom is 0.416 e. The molecule has 0 amide bonds. The van der Waals surface area contributed by atoms with Gasteiger partial charge in [-0.2, -0.15) is 13.2 Å². The van der Waals surface area contributed by atoms with Gasteiger partial charge < -0.3 is 5.11 Å². The Morgan fingerprint density at radius 2 is 1.62 bits per heavy atom. The molecule has 0 saturated heterocycles. The van der Waals surface area contributed by atoms with E-state index in [0.717, 1.165) is 18.2 Å². The van der Waals surface area contributed by atoms with Crippen LogP contribution in [0, 0.1) is 5.82 Å². The highest BCUT2D eigenvalue weighted by atomic mass is 19.4. The average Bonchev–Trinajstić information content (AvgIpc) is 2.52. The van der Waals surface area contributed by atoms with Gasteiger partial charge in [-0.1, -0.05) is 42.5 Å². The summed E-state index contributed by atoms with van der Waals surface area (Å²) in [5.41, 5.74) is -0.0463. The van der Waals surface area contributed by atoms with E-state index in [0.29, 0.717) is 5.56 Å². The van der Waals surface area contributed by atoms with Crippen LogP contribution in [0.5, 0.6) is 0 Å². The summed E-state index contributed by atoms with van der Waals surface area (Å²) in [4.78, 5) is 10.6. The largest absolute Gasteiger partial charge is 0.478 e. The Morgan fingerprint density at radius 3 is 2.17 bits per heavy atom. The predicted octanol–water partition coefficient (Wildman–Crippen LogP) is 4.92. The summed E-state index contributed by atoms with van der Waals surface area (Å²) in [6, 6.07) is 9.97. The van der Waals surface area contributed by atoms with Crippen molar-refractivity contribution in [2.45, 2.75) is 6.18 Å². The van der Waals surface area contributed by atoms with Gasteiger partial charge in [0.1, 0.15) is 5.82 Å². The number of carboxylic acid groups (broad SMARTS) is 1. The molecule has 2 aromatic carbocycles. The molecular formula is C18H12F4O2. The van der Waals surface area contributed by atoms with Crippen molar-refractivity contribution in [1.29, 1.82) is 0 Å². The van der Waals surface area contributed by atoms with Crippen LogP contribution >= 0.6 is 0 Å². The molecule has 124 valence electrons. The lowest BCUT2D eigenvalue weighted by molar-refractivity contribution is -0.137. The smallest absolute Gasteiger partial charge is 0.416 e. The van der Waals surface area contributed by atoms with Gasteiger partial charge in [-0.3, -0.25) is 0 Å². The standard InChI is InChI=1S/C18H12F4O2/c19-16-6-2-1-4-15(16)14(5-3-7-17(23)24)12-8-10-13(11-9-12)18(20,21)22/h1-11H,(H,23,24)/b7-3+,14-5-. The van der Waals surface area contributed by atoms with E-state index in [1.54, 1.807) is 6.07 Å². The fraction of sp³-hybridized carbons (Fsp3) is 0.0556. The van der Waals surface area contributed by atoms with Crippen molar-refractivity contribution >= 4 is 11.5 Å². The molecule has 0 aromatic heterocycles. The lowest BCUT2D eigenvalue weighted by Gasteiger charge is -2.11. The molecule has 1 N–H and O–H groups in total. The molecule has 0 fully saturated rings. The second kappa shape index (κ2) is 7.12. The predicted molar refractivity (Wildman–Crippen MR) is 81.7 cm³/mol. The molecule has 0 aliphatic carbocycles. The maximum absolute atomic E-state index is 14.0. The number of carboxylic acids is 1. The van der Waals surface area contributed by atoms with Crippen LogP contribution in [0.3, 0.4) is 0 Å². The zero-order valence-electron chi connectivity index (χ0n) is 12.2. The van der Waals surface area contributed by atoms with Crippen LogP contribution in [0.25, 0.3) is 5.57 Å². The summed E-state index contributed by atoms with van der Waals surface area (Å²) in [7, 11) is 0. The van der Waals surface area contributed by atoms with Crippen molar-refractivity contribution < 1.29 is 27.5 Å². The third-order valence-electron chi connectivity index (χ3n) is 3.19. The summed E-state index contributed by atoms with van der Waals surface area (Å²) in [5, 5.41) is 8.63. The number of allylic oxidation sites excluding steroid dienone is 2. The van der Waals surface area contributed by atoms with E-state index in [-0.39, 0.29) is 11.1 Å². The Kier molecular flexibility index (Phi) is 5.18. The number of carbonyl (C=O) groups is 1. The SMILES string of the molecule is O=C(O)/C=C/C=C(/c1ccc(C(F)(F)F)cc1)c1ccccc1F. The minimum Gasteiger partial charge on any atom is -0.478 e. The van der Waals surface area contributed by atoms with E-state index in [4.69, 9.17) is 5.11 Å². The lowest BCUT2D eigenvalue weighted by Crippen LogP contribution is -2.04. The Hall–Kier alpha value is -2.89. The van der Waals surface area contributed by atoms with E-state index < -0.39 is 23.5 Å². The van der Waals surface area contributed by atoms with Gasteiger partial charge in [0.2, 0.25) is 0 Å². The average molecular weight is 336 g/mol. The lowest BCUT2D eigenvalue weighted by atomic mass is 9.96. The minimum atomic E-state index is -4.47. The van der Waals surface area contributed by atoms with Crippen molar-refractivity contribution in [3.63, 3.8) is 0 Å².